The van der Waals surface area contributed by atoms with Crippen LogP contribution in [0, 0.1) is 0 Å². The minimum atomic E-state index is -0.330. The van der Waals surface area contributed by atoms with Crippen LogP contribution in [0.15, 0.2) is 0 Å². The van der Waals surface area contributed by atoms with Gasteiger partial charge in [0.1, 0.15) is 0 Å². The van der Waals surface area contributed by atoms with Crippen molar-refractivity contribution in [2.75, 3.05) is 65.8 Å². The van der Waals surface area contributed by atoms with E-state index in [0.717, 1.165) is 25.7 Å². The molecule has 2 amide bonds. The highest BCUT2D eigenvalue weighted by Gasteiger charge is 2.18. The van der Waals surface area contributed by atoms with Crippen molar-refractivity contribution < 1.29 is 28.5 Å². The maximum absolute atomic E-state index is 12.1. The van der Waals surface area contributed by atoms with Gasteiger partial charge in [-0.15, -0.1) is 0 Å². The zero-order chi connectivity index (χ0) is 19.0. The Hall–Kier alpha value is -1.54. The van der Waals surface area contributed by atoms with Crippen LogP contribution in [0.25, 0.3) is 0 Å². The second-order valence-corrected chi connectivity index (χ2v) is 6.13. The predicted octanol–water partition coefficient (Wildman–Crippen LogP) is 2.51. The second kappa shape index (κ2) is 14.6. The molecule has 152 valence electrons. The lowest BCUT2D eigenvalue weighted by Gasteiger charge is -2.25. The number of carbonyl (C=O) groups excluding carboxylic acids is 2. The van der Waals surface area contributed by atoms with Crippen LogP contribution in [0.3, 0.4) is 0 Å². The molecule has 0 radical (unpaired) electrons. The predicted molar refractivity (Wildman–Crippen MR) is 97.3 cm³/mol. The molecule has 0 spiro atoms. The Bertz CT molecular complexity index is 346. The van der Waals surface area contributed by atoms with Crippen molar-refractivity contribution in [1.82, 2.24) is 9.80 Å². The summed E-state index contributed by atoms with van der Waals surface area (Å²) in [6, 6.07) is 0. The summed E-state index contributed by atoms with van der Waals surface area (Å²) in [4.78, 5) is 27.4. The van der Waals surface area contributed by atoms with Crippen molar-refractivity contribution in [3.05, 3.63) is 0 Å². The van der Waals surface area contributed by atoms with Crippen LogP contribution >= 0.6 is 0 Å². The Balaban J connectivity index is 2.39. The summed E-state index contributed by atoms with van der Waals surface area (Å²) in [5, 5.41) is 0. The van der Waals surface area contributed by atoms with Gasteiger partial charge in [-0.1, -0.05) is 26.7 Å². The second-order valence-electron chi connectivity index (χ2n) is 6.13. The van der Waals surface area contributed by atoms with E-state index in [9.17, 15) is 9.59 Å². The largest absolute Gasteiger partial charge is 0.449 e. The number of amides is 2. The topological polar surface area (TPSA) is 77.5 Å². The summed E-state index contributed by atoms with van der Waals surface area (Å²) < 4.78 is 21.7. The highest BCUT2D eigenvalue weighted by atomic mass is 16.6. The average Bonchev–Trinajstić information content (AvgIpc) is 2.62. The molecular formula is C18H34N2O6. The monoisotopic (exact) mass is 374 g/mol. The van der Waals surface area contributed by atoms with Crippen LogP contribution < -0.4 is 0 Å². The molecule has 0 bridgehead atoms. The quantitative estimate of drug-likeness (QED) is 0.665. The van der Waals surface area contributed by atoms with Crippen LogP contribution in [0.2, 0.25) is 0 Å². The highest BCUT2D eigenvalue weighted by molar-refractivity contribution is 5.68. The Morgan fingerprint density at radius 2 is 1.08 bits per heavy atom. The van der Waals surface area contributed by atoms with Crippen molar-refractivity contribution in [3.8, 4) is 0 Å². The number of rotatable bonds is 6. The molecule has 1 heterocycles. The van der Waals surface area contributed by atoms with Crippen LogP contribution in [0.4, 0.5) is 9.59 Å². The zero-order valence-corrected chi connectivity index (χ0v) is 16.2. The molecule has 0 aliphatic carbocycles. The molecule has 0 N–H and O–H groups in total. The summed E-state index contributed by atoms with van der Waals surface area (Å²) >= 11 is 0. The first kappa shape index (κ1) is 22.5. The van der Waals surface area contributed by atoms with Gasteiger partial charge in [-0.2, -0.15) is 0 Å². The zero-order valence-electron chi connectivity index (χ0n) is 16.2. The molecule has 1 fully saturated rings. The number of nitrogens with zero attached hydrogens (tertiary/aromatic N) is 2. The fourth-order valence-corrected chi connectivity index (χ4v) is 2.28. The number of unbranched alkanes of at least 4 members (excludes halogenated alkanes) is 2. The van der Waals surface area contributed by atoms with Crippen LogP contribution in [0.1, 0.15) is 39.5 Å². The number of carbonyl (C=O) groups is 2. The van der Waals surface area contributed by atoms with E-state index in [1.54, 1.807) is 9.80 Å². The molecule has 0 unspecified atom stereocenters. The Morgan fingerprint density at radius 3 is 1.38 bits per heavy atom. The smallest absolute Gasteiger partial charge is 0.409 e. The first-order chi connectivity index (χ1) is 12.7. The summed E-state index contributed by atoms with van der Waals surface area (Å²) in [5.74, 6) is 0. The molecule has 1 saturated heterocycles. The maximum Gasteiger partial charge on any atom is 0.409 e. The van der Waals surface area contributed by atoms with Gasteiger partial charge in [-0.25, -0.2) is 9.59 Å². The van der Waals surface area contributed by atoms with Gasteiger partial charge < -0.3 is 28.7 Å². The van der Waals surface area contributed by atoms with Crippen LogP contribution in [-0.4, -0.2) is 87.8 Å². The fourth-order valence-electron chi connectivity index (χ4n) is 2.28. The third kappa shape index (κ3) is 9.82. The Morgan fingerprint density at radius 1 is 0.731 bits per heavy atom. The molecule has 1 aliphatic rings. The van der Waals surface area contributed by atoms with E-state index in [1.165, 1.54) is 0 Å². The van der Waals surface area contributed by atoms with Gasteiger partial charge in [0, 0.05) is 26.2 Å². The molecule has 0 aromatic carbocycles. The van der Waals surface area contributed by atoms with Gasteiger partial charge in [0.2, 0.25) is 0 Å². The minimum absolute atomic E-state index is 0.330. The molecule has 26 heavy (non-hydrogen) atoms. The van der Waals surface area contributed by atoms with Gasteiger partial charge >= 0.3 is 12.2 Å². The van der Waals surface area contributed by atoms with Crippen molar-refractivity contribution >= 4 is 12.2 Å². The van der Waals surface area contributed by atoms with Crippen molar-refractivity contribution in [3.63, 3.8) is 0 Å². The first-order valence-electron chi connectivity index (χ1n) is 9.67. The number of hydrogen-bond donors (Lipinski definition) is 0. The highest BCUT2D eigenvalue weighted by Crippen LogP contribution is 2.01. The molecule has 8 nitrogen and oxygen atoms in total. The third-order valence-electron chi connectivity index (χ3n) is 3.99. The lowest BCUT2D eigenvalue weighted by molar-refractivity contribution is 0.0270. The molecule has 0 aromatic rings. The van der Waals surface area contributed by atoms with Crippen LogP contribution in [0.5, 0.6) is 0 Å². The molecule has 0 atom stereocenters. The van der Waals surface area contributed by atoms with Gasteiger partial charge in [0.25, 0.3) is 0 Å². The lowest BCUT2D eigenvalue weighted by Crippen LogP contribution is -2.41. The molecule has 1 rings (SSSR count). The SMILES string of the molecule is CCCCOC(=O)N1CCOCCN(C(=O)OCCCC)CCOCC1. The minimum Gasteiger partial charge on any atom is -0.449 e. The molecule has 0 saturated carbocycles. The van der Waals surface area contributed by atoms with Crippen LogP contribution in [-0.2, 0) is 18.9 Å². The van der Waals surface area contributed by atoms with E-state index < -0.39 is 0 Å². The van der Waals surface area contributed by atoms with E-state index in [1.807, 2.05) is 0 Å². The lowest BCUT2D eigenvalue weighted by atomic mass is 10.4. The summed E-state index contributed by atoms with van der Waals surface area (Å²) in [7, 11) is 0. The Labute approximate surface area is 156 Å². The van der Waals surface area contributed by atoms with E-state index in [4.69, 9.17) is 18.9 Å². The molecule has 1 aliphatic heterocycles. The van der Waals surface area contributed by atoms with E-state index in [-0.39, 0.29) is 12.2 Å². The summed E-state index contributed by atoms with van der Waals surface area (Å²) in [5.41, 5.74) is 0. The van der Waals surface area contributed by atoms with Crippen molar-refractivity contribution in [2.45, 2.75) is 39.5 Å². The van der Waals surface area contributed by atoms with Crippen molar-refractivity contribution in [2.24, 2.45) is 0 Å². The Kier molecular flexibility index (Phi) is 12.6. The van der Waals surface area contributed by atoms with Crippen molar-refractivity contribution in [1.29, 1.82) is 0 Å². The molecular weight excluding hydrogens is 340 g/mol. The van der Waals surface area contributed by atoms with Gasteiger partial charge in [0.15, 0.2) is 0 Å². The van der Waals surface area contributed by atoms with E-state index >= 15 is 0 Å². The average molecular weight is 374 g/mol. The molecule has 0 aromatic heterocycles. The first-order valence-corrected chi connectivity index (χ1v) is 9.67. The summed E-state index contributed by atoms with van der Waals surface area (Å²) in [6.07, 6.45) is 3.02. The summed E-state index contributed by atoms with van der Waals surface area (Å²) in [6.45, 7) is 8.29. The maximum atomic E-state index is 12.1. The fraction of sp³-hybridized carbons (Fsp3) is 0.889. The number of hydrogen-bond acceptors (Lipinski definition) is 6. The normalized spacial score (nSPS) is 17.2. The number of ether oxygens (including phenoxy) is 4. The van der Waals surface area contributed by atoms with Gasteiger partial charge in [-0.3, -0.25) is 0 Å². The van der Waals surface area contributed by atoms with Gasteiger partial charge in [0.05, 0.1) is 39.6 Å². The standard InChI is InChI=1S/C18H34N2O6/c1-3-5-11-25-17(21)19-7-13-23-15-9-20(10-16-24-14-8-19)18(22)26-12-6-4-2/h3-16H2,1-2H3. The van der Waals surface area contributed by atoms with Gasteiger partial charge in [-0.05, 0) is 12.8 Å². The molecule has 8 heteroatoms. The third-order valence-corrected chi connectivity index (χ3v) is 3.99. The van der Waals surface area contributed by atoms with E-state index in [0.29, 0.717) is 65.8 Å². The van der Waals surface area contributed by atoms with E-state index in [2.05, 4.69) is 13.8 Å².